The number of hydrogen-bond acceptors (Lipinski definition) is 6. The van der Waals surface area contributed by atoms with Crippen molar-refractivity contribution >= 4 is 15.7 Å². The Morgan fingerprint density at radius 2 is 1.71 bits per heavy atom. The molecule has 0 aromatic heterocycles. The van der Waals surface area contributed by atoms with Crippen LogP contribution in [0.3, 0.4) is 0 Å². The number of anilines is 1. The number of hydrogen-bond donors (Lipinski definition) is 1. The molecule has 1 saturated heterocycles. The Labute approximate surface area is 166 Å². The molecule has 0 aliphatic carbocycles. The van der Waals surface area contributed by atoms with Gasteiger partial charge in [-0.15, -0.1) is 0 Å². The number of sulfonamides is 1. The summed E-state index contributed by atoms with van der Waals surface area (Å²) in [6, 6.07) is 14.8. The van der Waals surface area contributed by atoms with Crippen molar-refractivity contribution < 1.29 is 17.9 Å². The molecule has 1 heterocycles. The largest absolute Gasteiger partial charge is 0.492 e. The molecular formula is C20H27N3O4S. The average molecular weight is 406 g/mol. The van der Waals surface area contributed by atoms with Crippen LogP contribution in [0.2, 0.25) is 0 Å². The lowest BCUT2D eigenvalue weighted by Gasteiger charge is -2.29. The second-order valence-corrected chi connectivity index (χ2v) is 8.43. The maximum absolute atomic E-state index is 11.3. The first kappa shape index (κ1) is 20.6. The lowest BCUT2D eigenvalue weighted by atomic mass is 10.2. The first-order valence-corrected chi connectivity index (χ1v) is 10.8. The van der Waals surface area contributed by atoms with Gasteiger partial charge in [-0.1, -0.05) is 12.1 Å². The molecule has 1 fully saturated rings. The summed E-state index contributed by atoms with van der Waals surface area (Å²) in [6.45, 7) is 5.55. The van der Waals surface area contributed by atoms with Crippen molar-refractivity contribution in [2.45, 2.75) is 11.4 Å². The van der Waals surface area contributed by atoms with Gasteiger partial charge in [-0.2, -0.15) is 0 Å². The van der Waals surface area contributed by atoms with Gasteiger partial charge in [0.1, 0.15) is 12.4 Å². The summed E-state index contributed by atoms with van der Waals surface area (Å²) >= 11 is 0. The van der Waals surface area contributed by atoms with E-state index in [4.69, 9.17) is 14.6 Å². The van der Waals surface area contributed by atoms with E-state index in [2.05, 4.69) is 34.1 Å². The van der Waals surface area contributed by atoms with Gasteiger partial charge in [0.25, 0.3) is 0 Å². The Balaban J connectivity index is 1.43. The van der Waals surface area contributed by atoms with Gasteiger partial charge in [0.2, 0.25) is 10.0 Å². The van der Waals surface area contributed by atoms with Crippen LogP contribution in [-0.2, 0) is 21.3 Å². The average Bonchev–Trinajstić information content (AvgIpc) is 2.69. The quantitative estimate of drug-likeness (QED) is 0.719. The highest BCUT2D eigenvalue weighted by atomic mass is 32.2. The summed E-state index contributed by atoms with van der Waals surface area (Å²) in [6.07, 6.45) is 0. The van der Waals surface area contributed by atoms with Crippen LogP contribution in [0.25, 0.3) is 0 Å². The van der Waals surface area contributed by atoms with E-state index in [1.807, 2.05) is 7.05 Å². The maximum Gasteiger partial charge on any atom is 0.238 e. The third kappa shape index (κ3) is 5.93. The number of likely N-dealkylation sites (N-methyl/N-ethyl adjacent to an activating group) is 1. The molecular weight excluding hydrogens is 378 g/mol. The zero-order valence-corrected chi connectivity index (χ0v) is 16.9. The monoisotopic (exact) mass is 405 g/mol. The van der Waals surface area contributed by atoms with Crippen molar-refractivity contribution in [2.75, 3.05) is 51.4 Å². The molecule has 0 saturated carbocycles. The number of primary sulfonamides is 1. The van der Waals surface area contributed by atoms with Crippen molar-refractivity contribution in [3.63, 3.8) is 0 Å². The second kappa shape index (κ2) is 9.38. The Hall–Kier alpha value is -2.13. The molecule has 7 nitrogen and oxygen atoms in total. The minimum Gasteiger partial charge on any atom is -0.492 e. The molecule has 3 rings (SSSR count). The molecule has 0 atom stereocenters. The SMILES string of the molecule is CN(CCOc1ccc(S(N)(=O)=O)cc1)Cc1ccc(N2CCOCC2)cc1. The van der Waals surface area contributed by atoms with E-state index in [1.54, 1.807) is 12.1 Å². The Morgan fingerprint density at radius 1 is 1.07 bits per heavy atom. The van der Waals surface area contributed by atoms with Crippen LogP contribution in [0.15, 0.2) is 53.4 Å². The van der Waals surface area contributed by atoms with E-state index < -0.39 is 10.0 Å². The third-order valence-corrected chi connectivity index (χ3v) is 5.59. The van der Waals surface area contributed by atoms with Crippen LogP contribution in [-0.4, -0.2) is 59.8 Å². The third-order valence-electron chi connectivity index (χ3n) is 4.66. The van der Waals surface area contributed by atoms with Gasteiger partial charge < -0.3 is 14.4 Å². The van der Waals surface area contributed by atoms with Crippen molar-refractivity contribution in [2.24, 2.45) is 5.14 Å². The number of nitrogens with zero attached hydrogens (tertiary/aromatic N) is 2. The zero-order valence-electron chi connectivity index (χ0n) is 16.1. The van der Waals surface area contributed by atoms with Gasteiger partial charge in [0, 0.05) is 31.9 Å². The highest BCUT2D eigenvalue weighted by molar-refractivity contribution is 7.89. The number of benzene rings is 2. The first-order valence-electron chi connectivity index (χ1n) is 9.28. The summed E-state index contributed by atoms with van der Waals surface area (Å²) in [5.74, 6) is 0.621. The molecule has 1 aliphatic heterocycles. The lowest BCUT2D eigenvalue weighted by molar-refractivity contribution is 0.122. The zero-order chi connectivity index (χ0) is 20.0. The van der Waals surface area contributed by atoms with Gasteiger partial charge >= 0.3 is 0 Å². The van der Waals surface area contributed by atoms with Crippen LogP contribution >= 0.6 is 0 Å². The molecule has 0 radical (unpaired) electrons. The Bertz CT molecular complexity index is 848. The summed E-state index contributed by atoms with van der Waals surface area (Å²) in [4.78, 5) is 4.60. The first-order chi connectivity index (χ1) is 13.4. The maximum atomic E-state index is 11.3. The molecule has 2 aromatic rings. The standard InChI is InChI=1S/C20H27N3O4S/c1-22(10-15-27-19-6-8-20(9-7-19)28(21,24)25)16-17-2-4-18(5-3-17)23-11-13-26-14-12-23/h2-9H,10-16H2,1H3,(H2,21,24,25). The van der Waals surface area contributed by atoms with E-state index in [9.17, 15) is 8.42 Å². The minimum atomic E-state index is -3.67. The molecule has 0 unspecified atom stereocenters. The summed E-state index contributed by atoms with van der Waals surface area (Å²) in [7, 11) is -1.63. The molecule has 0 bridgehead atoms. The molecule has 8 heteroatoms. The van der Waals surface area contributed by atoms with E-state index in [0.717, 1.165) is 39.4 Å². The van der Waals surface area contributed by atoms with Crippen molar-refractivity contribution in [3.05, 3.63) is 54.1 Å². The van der Waals surface area contributed by atoms with E-state index in [1.165, 1.54) is 23.4 Å². The Kier molecular flexibility index (Phi) is 6.90. The lowest BCUT2D eigenvalue weighted by Crippen LogP contribution is -2.36. The van der Waals surface area contributed by atoms with Crippen LogP contribution in [0.4, 0.5) is 5.69 Å². The minimum absolute atomic E-state index is 0.0810. The van der Waals surface area contributed by atoms with Gasteiger partial charge in [-0.25, -0.2) is 13.6 Å². The summed E-state index contributed by atoms with van der Waals surface area (Å²) in [5.41, 5.74) is 2.48. The molecule has 2 N–H and O–H groups in total. The highest BCUT2D eigenvalue weighted by Gasteiger charge is 2.11. The molecule has 2 aromatic carbocycles. The predicted molar refractivity (Wildman–Crippen MR) is 109 cm³/mol. The Morgan fingerprint density at radius 3 is 2.32 bits per heavy atom. The molecule has 0 amide bonds. The van der Waals surface area contributed by atoms with E-state index in [-0.39, 0.29) is 4.90 Å². The van der Waals surface area contributed by atoms with E-state index >= 15 is 0 Å². The topological polar surface area (TPSA) is 85.1 Å². The number of nitrogens with two attached hydrogens (primary N) is 1. The fraction of sp³-hybridized carbons (Fsp3) is 0.400. The summed E-state index contributed by atoms with van der Waals surface area (Å²) in [5, 5.41) is 5.09. The molecule has 152 valence electrons. The molecule has 28 heavy (non-hydrogen) atoms. The molecule has 1 aliphatic rings. The molecule has 0 spiro atoms. The smallest absolute Gasteiger partial charge is 0.238 e. The normalized spacial score (nSPS) is 15.0. The van der Waals surface area contributed by atoms with Crippen molar-refractivity contribution in [1.29, 1.82) is 0 Å². The summed E-state index contributed by atoms with van der Waals surface area (Å²) < 4.78 is 33.6. The van der Waals surface area contributed by atoms with Crippen molar-refractivity contribution in [1.82, 2.24) is 4.90 Å². The number of morpholine rings is 1. The van der Waals surface area contributed by atoms with Crippen LogP contribution in [0.1, 0.15) is 5.56 Å². The fourth-order valence-corrected chi connectivity index (χ4v) is 3.58. The van der Waals surface area contributed by atoms with E-state index in [0.29, 0.717) is 12.4 Å². The van der Waals surface area contributed by atoms with Crippen LogP contribution < -0.4 is 14.8 Å². The fourth-order valence-electron chi connectivity index (χ4n) is 3.07. The highest BCUT2D eigenvalue weighted by Crippen LogP contribution is 2.18. The van der Waals surface area contributed by atoms with Crippen molar-refractivity contribution in [3.8, 4) is 5.75 Å². The second-order valence-electron chi connectivity index (χ2n) is 6.87. The number of rotatable bonds is 8. The van der Waals surface area contributed by atoms with Gasteiger partial charge in [-0.05, 0) is 49.0 Å². The van der Waals surface area contributed by atoms with Gasteiger partial charge in [0.05, 0.1) is 18.1 Å². The van der Waals surface area contributed by atoms with Gasteiger partial charge in [0.15, 0.2) is 0 Å². The number of ether oxygens (including phenoxy) is 2. The predicted octanol–water partition coefficient (Wildman–Crippen LogP) is 1.68. The van der Waals surface area contributed by atoms with Gasteiger partial charge in [-0.3, -0.25) is 4.90 Å². The van der Waals surface area contributed by atoms with Crippen LogP contribution in [0, 0.1) is 0 Å². The van der Waals surface area contributed by atoms with Crippen LogP contribution in [0.5, 0.6) is 5.75 Å².